The van der Waals surface area contributed by atoms with E-state index in [1.54, 1.807) is 11.8 Å². The summed E-state index contributed by atoms with van der Waals surface area (Å²) < 4.78 is 10.5. The van der Waals surface area contributed by atoms with Gasteiger partial charge in [0.2, 0.25) is 0 Å². The molecule has 7 heteroatoms. The minimum absolute atomic E-state index is 0.00260. The van der Waals surface area contributed by atoms with Crippen LogP contribution in [0.15, 0.2) is 0 Å². The van der Waals surface area contributed by atoms with Crippen molar-refractivity contribution in [3.8, 4) is 0 Å². The van der Waals surface area contributed by atoms with Crippen LogP contribution in [-0.4, -0.2) is 61.4 Å². The predicted octanol–water partition coefficient (Wildman–Crippen LogP) is 0.230. The standard InChI is InChI=1S/C14H25N3O4/c1-2-20-14(19)16-10-4-3-7-17(9-10)13(18)12-6-5-11(8-15)21-12/h10-12H,2-9,15H2,1H3,(H,16,19). The highest BCUT2D eigenvalue weighted by atomic mass is 16.5. The number of amides is 2. The van der Waals surface area contributed by atoms with Crippen LogP contribution in [-0.2, 0) is 14.3 Å². The van der Waals surface area contributed by atoms with E-state index in [-0.39, 0.29) is 24.2 Å². The number of nitrogens with one attached hydrogen (secondary N) is 1. The van der Waals surface area contributed by atoms with Crippen LogP contribution in [0, 0.1) is 0 Å². The number of ether oxygens (including phenoxy) is 2. The van der Waals surface area contributed by atoms with Crippen molar-refractivity contribution < 1.29 is 19.1 Å². The monoisotopic (exact) mass is 299 g/mol. The summed E-state index contributed by atoms with van der Waals surface area (Å²) in [5.74, 6) is 0.0151. The highest BCUT2D eigenvalue weighted by Gasteiger charge is 2.35. The highest BCUT2D eigenvalue weighted by molar-refractivity contribution is 5.81. The molecule has 0 aromatic heterocycles. The van der Waals surface area contributed by atoms with Gasteiger partial charge in [-0.3, -0.25) is 4.79 Å². The third-order valence-corrected chi connectivity index (χ3v) is 3.98. The molecule has 0 aliphatic carbocycles. The van der Waals surface area contributed by atoms with Gasteiger partial charge in [0.25, 0.3) is 5.91 Å². The topological polar surface area (TPSA) is 93.9 Å². The third-order valence-electron chi connectivity index (χ3n) is 3.98. The van der Waals surface area contributed by atoms with Crippen molar-refractivity contribution in [1.29, 1.82) is 0 Å². The van der Waals surface area contributed by atoms with E-state index in [1.807, 2.05) is 0 Å². The lowest BCUT2D eigenvalue weighted by molar-refractivity contribution is -0.144. The summed E-state index contributed by atoms with van der Waals surface area (Å²) in [5, 5.41) is 2.80. The summed E-state index contributed by atoms with van der Waals surface area (Å²) in [6.45, 7) is 3.80. The quantitative estimate of drug-likeness (QED) is 0.775. The molecule has 2 fully saturated rings. The molecule has 0 bridgehead atoms. The molecule has 0 saturated carbocycles. The molecule has 120 valence electrons. The maximum Gasteiger partial charge on any atom is 0.407 e. The number of carbonyl (C=O) groups is 2. The number of hydrogen-bond acceptors (Lipinski definition) is 5. The Morgan fingerprint density at radius 2 is 2.19 bits per heavy atom. The van der Waals surface area contributed by atoms with Crippen molar-refractivity contribution in [3.05, 3.63) is 0 Å². The van der Waals surface area contributed by atoms with Gasteiger partial charge in [-0.15, -0.1) is 0 Å². The van der Waals surface area contributed by atoms with Gasteiger partial charge in [0.1, 0.15) is 6.10 Å². The zero-order valence-electron chi connectivity index (χ0n) is 12.5. The number of nitrogens with zero attached hydrogens (tertiary/aromatic N) is 1. The molecule has 0 aromatic carbocycles. The number of alkyl carbamates (subject to hydrolysis) is 1. The van der Waals surface area contributed by atoms with Crippen LogP contribution in [0.1, 0.15) is 32.6 Å². The van der Waals surface area contributed by atoms with Gasteiger partial charge in [0.05, 0.1) is 12.7 Å². The van der Waals surface area contributed by atoms with Gasteiger partial charge in [-0.25, -0.2) is 4.79 Å². The number of carbonyl (C=O) groups excluding carboxylic acids is 2. The Morgan fingerprint density at radius 3 is 2.86 bits per heavy atom. The summed E-state index contributed by atoms with van der Waals surface area (Å²) in [7, 11) is 0. The number of piperidine rings is 1. The van der Waals surface area contributed by atoms with Gasteiger partial charge >= 0.3 is 6.09 Å². The number of rotatable bonds is 4. The van der Waals surface area contributed by atoms with E-state index in [9.17, 15) is 9.59 Å². The Labute approximate surface area is 125 Å². The molecule has 0 aromatic rings. The van der Waals surface area contributed by atoms with Gasteiger partial charge < -0.3 is 25.4 Å². The smallest absolute Gasteiger partial charge is 0.407 e. The van der Waals surface area contributed by atoms with Crippen molar-refractivity contribution in [2.75, 3.05) is 26.2 Å². The van der Waals surface area contributed by atoms with Gasteiger partial charge in [-0.05, 0) is 32.6 Å². The van der Waals surface area contributed by atoms with Crippen molar-refractivity contribution in [3.63, 3.8) is 0 Å². The molecule has 2 aliphatic heterocycles. The second-order valence-electron chi connectivity index (χ2n) is 5.55. The maximum absolute atomic E-state index is 12.4. The largest absolute Gasteiger partial charge is 0.450 e. The zero-order valence-corrected chi connectivity index (χ0v) is 12.5. The van der Waals surface area contributed by atoms with Crippen molar-refractivity contribution in [1.82, 2.24) is 10.2 Å². The molecule has 2 aliphatic rings. The molecular weight excluding hydrogens is 274 g/mol. The number of likely N-dealkylation sites (tertiary alicyclic amines) is 1. The Balaban J connectivity index is 1.83. The van der Waals surface area contributed by atoms with Crippen molar-refractivity contribution in [2.45, 2.75) is 50.9 Å². The summed E-state index contributed by atoms with van der Waals surface area (Å²) >= 11 is 0. The van der Waals surface area contributed by atoms with Crippen molar-refractivity contribution in [2.24, 2.45) is 5.73 Å². The summed E-state index contributed by atoms with van der Waals surface area (Å²) in [5.41, 5.74) is 5.57. The highest BCUT2D eigenvalue weighted by Crippen LogP contribution is 2.22. The first-order valence-corrected chi connectivity index (χ1v) is 7.71. The van der Waals surface area contributed by atoms with Crippen molar-refractivity contribution >= 4 is 12.0 Å². The van der Waals surface area contributed by atoms with Crippen LogP contribution in [0.4, 0.5) is 4.79 Å². The molecule has 3 N–H and O–H groups in total. The van der Waals surface area contributed by atoms with E-state index >= 15 is 0 Å². The SMILES string of the molecule is CCOC(=O)NC1CCCN(C(=O)C2CCC(CN)O2)C1. The van der Waals surface area contributed by atoms with Crippen LogP contribution >= 0.6 is 0 Å². The molecular formula is C14H25N3O4. The lowest BCUT2D eigenvalue weighted by Gasteiger charge is -2.34. The van der Waals surface area contributed by atoms with E-state index in [4.69, 9.17) is 15.2 Å². The summed E-state index contributed by atoms with van der Waals surface area (Å²) in [6, 6.07) is -0.0477. The fourth-order valence-electron chi connectivity index (χ4n) is 2.90. The molecule has 3 unspecified atom stereocenters. The predicted molar refractivity (Wildman–Crippen MR) is 76.7 cm³/mol. The van der Waals surface area contributed by atoms with E-state index in [0.29, 0.717) is 26.2 Å². The molecule has 21 heavy (non-hydrogen) atoms. The molecule has 0 radical (unpaired) electrons. The average Bonchev–Trinajstić information content (AvgIpc) is 2.96. The van der Waals surface area contributed by atoms with E-state index < -0.39 is 6.09 Å². The van der Waals surface area contributed by atoms with Crippen LogP contribution in [0.25, 0.3) is 0 Å². The molecule has 2 rings (SSSR count). The molecule has 3 atom stereocenters. The lowest BCUT2D eigenvalue weighted by atomic mass is 10.0. The molecule has 2 saturated heterocycles. The first-order chi connectivity index (χ1) is 10.1. The normalized spacial score (nSPS) is 29.2. The minimum atomic E-state index is -0.419. The zero-order chi connectivity index (χ0) is 15.2. The third kappa shape index (κ3) is 4.31. The Morgan fingerprint density at radius 1 is 1.38 bits per heavy atom. The lowest BCUT2D eigenvalue weighted by Crippen LogP contribution is -2.52. The van der Waals surface area contributed by atoms with Crippen LogP contribution in [0.3, 0.4) is 0 Å². The molecule has 0 spiro atoms. The fraction of sp³-hybridized carbons (Fsp3) is 0.857. The molecule has 2 heterocycles. The second kappa shape index (κ2) is 7.61. The summed E-state index contributed by atoms with van der Waals surface area (Å²) in [4.78, 5) is 25.7. The average molecular weight is 299 g/mol. The second-order valence-corrected chi connectivity index (χ2v) is 5.55. The minimum Gasteiger partial charge on any atom is -0.450 e. The van der Waals surface area contributed by atoms with Crippen LogP contribution in [0.5, 0.6) is 0 Å². The fourth-order valence-corrected chi connectivity index (χ4v) is 2.90. The van der Waals surface area contributed by atoms with Gasteiger partial charge in [0.15, 0.2) is 0 Å². The number of nitrogens with two attached hydrogens (primary N) is 1. The molecule has 2 amide bonds. The number of hydrogen-bond donors (Lipinski definition) is 2. The van der Waals surface area contributed by atoms with E-state index in [0.717, 1.165) is 25.7 Å². The van der Waals surface area contributed by atoms with Crippen LogP contribution < -0.4 is 11.1 Å². The molecule has 7 nitrogen and oxygen atoms in total. The Kier molecular flexibility index (Phi) is 5.81. The summed E-state index contributed by atoms with van der Waals surface area (Å²) in [6.07, 6.45) is 2.50. The maximum atomic E-state index is 12.4. The Bertz CT molecular complexity index is 377. The first kappa shape index (κ1) is 16.0. The first-order valence-electron chi connectivity index (χ1n) is 7.71. The van der Waals surface area contributed by atoms with Gasteiger partial charge in [0, 0.05) is 25.7 Å². The van der Waals surface area contributed by atoms with Crippen LogP contribution in [0.2, 0.25) is 0 Å². The van der Waals surface area contributed by atoms with Gasteiger partial charge in [-0.2, -0.15) is 0 Å². The Hall–Kier alpha value is -1.34. The van der Waals surface area contributed by atoms with E-state index in [2.05, 4.69) is 5.32 Å². The van der Waals surface area contributed by atoms with E-state index in [1.165, 1.54) is 0 Å². The van der Waals surface area contributed by atoms with Gasteiger partial charge in [-0.1, -0.05) is 0 Å².